The number of benzene rings is 2. The van der Waals surface area contributed by atoms with Gasteiger partial charge >= 0.3 is 0 Å². The van der Waals surface area contributed by atoms with Crippen molar-refractivity contribution < 1.29 is 5.11 Å². The van der Waals surface area contributed by atoms with E-state index in [0.29, 0.717) is 0 Å². The average Bonchev–Trinajstić information content (AvgIpc) is 2.40. The Hall–Kier alpha value is -2.46. The molecule has 0 fully saturated rings. The van der Waals surface area contributed by atoms with Gasteiger partial charge in [0.1, 0.15) is 5.75 Å². The number of allylic oxidation sites excluding steroid dienone is 1. The third-order valence-corrected chi connectivity index (χ3v) is 2.55. The zero-order valence-corrected chi connectivity index (χ0v) is 10.1. The highest BCUT2D eigenvalue weighted by molar-refractivity contribution is 5.44. The molecule has 2 aromatic rings. The second-order valence-corrected chi connectivity index (χ2v) is 3.99. The highest BCUT2D eigenvalue weighted by atomic mass is 16.3. The Balaban J connectivity index is 2.14. The summed E-state index contributed by atoms with van der Waals surface area (Å²) in [5.74, 6) is 6.41. The third-order valence-electron chi connectivity index (χ3n) is 2.55. The molecule has 0 spiro atoms. The number of aromatic hydroxyl groups is 1. The van der Waals surface area contributed by atoms with Crippen molar-refractivity contribution in [1.29, 1.82) is 0 Å². The van der Waals surface area contributed by atoms with Gasteiger partial charge in [0.05, 0.1) is 0 Å². The Labute approximate surface area is 107 Å². The maximum absolute atomic E-state index is 9.17. The lowest BCUT2D eigenvalue weighted by Gasteiger charge is -1.96. The molecule has 1 heteroatoms. The van der Waals surface area contributed by atoms with Crippen LogP contribution in [0.2, 0.25) is 0 Å². The van der Waals surface area contributed by atoms with Crippen LogP contribution in [0.4, 0.5) is 0 Å². The molecule has 88 valence electrons. The summed E-state index contributed by atoms with van der Waals surface area (Å²) >= 11 is 0. The topological polar surface area (TPSA) is 20.2 Å². The Bertz CT molecular complexity index is 580. The molecule has 2 aromatic carbocycles. The summed E-state index contributed by atoms with van der Waals surface area (Å²) in [5.41, 5.74) is 3.11. The first-order valence-electron chi connectivity index (χ1n) is 5.79. The molecule has 0 atom stereocenters. The molecule has 0 bridgehead atoms. The molecule has 0 unspecified atom stereocenters. The lowest BCUT2D eigenvalue weighted by Crippen LogP contribution is -1.81. The van der Waals surface area contributed by atoms with E-state index in [0.717, 1.165) is 17.5 Å². The van der Waals surface area contributed by atoms with Gasteiger partial charge in [-0.3, -0.25) is 0 Å². The minimum absolute atomic E-state index is 0.259. The maximum atomic E-state index is 9.17. The summed E-state index contributed by atoms with van der Waals surface area (Å²) in [6.45, 7) is 3.71. The van der Waals surface area contributed by atoms with Crippen molar-refractivity contribution >= 4 is 0 Å². The molecule has 0 aliphatic heterocycles. The predicted octanol–water partition coefficient (Wildman–Crippen LogP) is 3.52. The van der Waals surface area contributed by atoms with Crippen LogP contribution in [-0.2, 0) is 6.42 Å². The normalized spacial score (nSPS) is 9.33. The molecule has 0 radical (unpaired) electrons. The highest BCUT2D eigenvalue weighted by Crippen LogP contribution is 2.09. The zero-order chi connectivity index (χ0) is 12.8. The molecule has 1 N–H and O–H groups in total. The third kappa shape index (κ3) is 3.26. The number of rotatable bonds is 2. The Morgan fingerprint density at radius 1 is 0.889 bits per heavy atom. The second-order valence-electron chi connectivity index (χ2n) is 3.99. The van der Waals surface area contributed by atoms with E-state index in [2.05, 4.69) is 30.6 Å². The molecular weight excluding hydrogens is 220 g/mol. The van der Waals surface area contributed by atoms with E-state index in [1.54, 1.807) is 24.3 Å². The van der Waals surface area contributed by atoms with Crippen LogP contribution in [-0.4, -0.2) is 5.11 Å². The van der Waals surface area contributed by atoms with Crippen LogP contribution in [0.15, 0.2) is 61.2 Å². The zero-order valence-electron chi connectivity index (χ0n) is 10.1. The van der Waals surface area contributed by atoms with Gasteiger partial charge in [0.25, 0.3) is 0 Å². The smallest absolute Gasteiger partial charge is 0.115 e. The van der Waals surface area contributed by atoms with Crippen molar-refractivity contribution in [1.82, 2.24) is 0 Å². The molecule has 0 aromatic heterocycles. The molecule has 0 aliphatic rings. The van der Waals surface area contributed by atoms with E-state index in [9.17, 15) is 0 Å². The Morgan fingerprint density at radius 3 is 1.89 bits per heavy atom. The van der Waals surface area contributed by atoms with E-state index < -0.39 is 0 Å². The first-order valence-corrected chi connectivity index (χ1v) is 5.79. The van der Waals surface area contributed by atoms with Crippen LogP contribution in [0.1, 0.15) is 16.7 Å². The summed E-state index contributed by atoms with van der Waals surface area (Å²) in [5, 5.41) is 9.17. The van der Waals surface area contributed by atoms with Gasteiger partial charge in [-0.1, -0.05) is 30.0 Å². The van der Waals surface area contributed by atoms with Gasteiger partial charge in [-0.2, -0.15) is 0 Å². The van der Waals surface area contributed by atoms with Crippen LogP contribution in [0, 0.1) is 11.8 Å². The van der Waals surface area contributed by atoms with Crippen LogP contribution in [0.3, 0.4) is 0 Å². The van der Waals surface area contributed by atoms with Crippen LogP contribution >= 0.6 is 0 Å². The molecule has 2 rings (SSSR count). The number of phenolic OH excluding ortho intramolecular Hbond substituents is 1. The van der Waals surface area contributed by atoms with Crippen LogP contribution in [0.5, 0.6) is 5.75 Å². The molecule has 0 saturated heterocycles. The molecule has 0 saturated carbocycles. The van der Waals surface area contributed by atoms with Crippen molar-refractivity contribution in [2.24, 2.45) is 0 Å². The highest BCUT2D eigenvalue weighted by Gasteiger charge is 1.91. The molecule has 18 heavy (non-hydrogen) atoms. The van der Waals surface area contributed by atoms with Crippen molar-refractivity contribution in [3.8, 4) is 17.6 Å². The van der Waals surface area contributed by atoms with E-state index in [1.165, 1.54) is 5.56 Å². The molecule has 1 nitrogen and oxygen atoms in total. The van der Waals surface area contributed by atoms with Gasteiger partial charge in [-0.15, -0.1) is 6.58 Å². The van der Waals surface area contributed by atoms with Gasteiger partial charge in [-0.25, -0.2) is 0 Å². The van der Waals surface area contributed by atoms with Crippen molar-refractivity contribution in [2.45, 2.75) is 6.42 Å². The van der Waals surface area contributed by atoms with Crippen molar-refractivity contribution in [2.75, 3.05) is 0 Å². The second kappa shape index (κ2) is 5.75. The Kier molecular flexibility index (Phi) is 3.83. The van der Waals surface area contributed by atoms with Crippen molar-refractivity contribution in [3.05, 3.63) is 77.9 Å². The quantitative estimate of drug-likeness (QED) is 0.622. The number of hydrogen-bond donors (Lipinski definition) is 1. The fourth-order valence-corrected chi connectivity index (χ4v) is 1.58. The number of hydrogen-bond acceptors (Lipinski definition) is 1. The monoisotopic (exact) mass is 234 g/mol. The summed E-state index contributed by atoms with van der Waals surface area (Å²) < 4.78 is 0. The van der Waals surface area contributed by atoms with E-state index in [4.69, 9.17) is 5.11 Å². The maximum Gasteiger partial charge on any atom is 0.115 e. The molecule has 0 aliphatic carbocycles. The standard InChI is InChI=1S/C17H14O/c1-2-3-14-4-6-15(7-5-14)8-9-16-10-12-17(18)13-11-16/h2,4-7,10-13,18H,1,3H2. The minimum atomic E-state index is 0.259. The van der Waals surface area contributed by atoms with Gasteiger partial charge in [0, 0.05) is 11.1 Å². The van der Waals surface area contributed by atoms with Gasteiger partial charge in [0.15, 0.2) is 0 Å². The lowest BCUT2D eigenvalue weighted by atomic mass is 10.1. The summed E-state index contributed by atoms with van der Waals surface area (Å²) in [4.78, 5) is 0. The summed E-state index contributed by atoms with van der Waals surface area (Å²) in [6, 6.07) is 15.0. The fraction of sp³-hybridized carbons (Fsp3) is 0.0588. The van der Waals surface area contributed by atoms with Crippen LogP contribution < -0.4 is 0 Å². The minimum Gasteiger partial charge on any atom is -0.508 e. The van der Waals surface area contributed by atoms with E-state index in [1.807, 2.05) is 18.2 Å². The lowest BCUT2D eigenvalue weighted by molar-refractivity contribution is 0.475. The van der Waals surface area contributed by atoms with Gasteiger partial charge in [0.2, 0.25) is 0 Å². The largest absolute Gasteiger partial charge is 0.508 e. The van der Waals surface area contributed by atoms with Gasteiger partial charge < -0.3 is 5.11 Å². The summed E-state index contributed by atoms with van der Waals surface area (Å²) in [7, 11) is 0. The number of phenols is 1. The average molecular weight is 234 g/mol. The molecule has 0 amide bonds. The first kappa shape index (κ1) is 12.0. The predicted molar refractivity (Wildman–Crippen MR) is 74.4 cm³/mol. The fourth-order valence-electron chi connectivity index (χ4n) is 1.58. The summed E-state index contributed by atoms with van der Waals surface area (Å²) in [6.07, 6.45) is 2.77. The Morgan fingerprint density at radius 2 is 1.39 bits per heavy atom. The van der Waals surface area contributed by atoms with Crippen LogP contribution in [0.25, 0.3) is 0 Å². The van der Waals surface area contributed by atoms with Crippen molar-refractivity contribution in [3.63, 3.8) is 0 Å². The molecule has 0 heterocycles. The van der Waals surface area contributed by atoms with E-state index in [-0.39, 0.29) is 5.75 Å². The van der Waals surface area contributed by atoms with Gasteiger partial charge in [-0.05, 0) is 48.4 Å². The SMILES string of the molecule is C=CCc1ccc(C#Cc2ccc(O)cc2)cc1. The van der Waals surface area contributed by atoms with E-state index >= 15 is 0 Å². The first-order chi connectivity index (χ1) is 8.78. The molecular formula is C17H14O.